The average Bonchev–Trinajstić information content (AvgIpc) is 2.88. The number of nitrogens with zero attached hydrogens (tertiary/aromatic N) is 1. The van der Waals surface area contributed by atoms with Gasteiger partial charge in [0, 0.05) is 19.5 Å². The van der Waals surface area contributed by atoms with Gasteiger partial charge in [0.15, 0.2) is 0 Å². The molecule has 1 heterocycles. The predicted molar refractivity (Wildman–Crippen MR) is 100 cm³/mol. The summed E-state index contributed by atoms with van der Waals surface area (Å²) in [7, 11) is 0. The van der Waals surface area contributed by atoms with Crippen LogP contribution in [0.5, 0.6) is 0 Å². The Morgan fingerprint density at radius 2 is 1.74 bits per heavy atom. The molecule has 1 unspecified atom stereocenters. The van der Waals surface area contributed by atoms with E-state index in [4.69, 9.17) is 0 Å². The second-order valence-electron chi connectivity index (χ2n) is 6.76. The topological polar surface area (TPSA) is 86.7 Å². The molecule has 0 spiro atoms. The van der Waals surface area contributed by atoms with E-state index in [2.05, 4.69) is 5.32 Å². The first-order valence-corrected chi connectivity index (χ1v) is 8.87. The van der Waals surface area contributed by atoms with Crippen molar-refractivity contribution in [1.82, 2.24) is 10.2 Å². The van der Waals surface area contributed by atoms with Crippen LogP contribution >= 0.6 is 0 Å². The van der Waals surface area contributed by atoms with Crippen LogP contribution in [0.3, 0.4) is 0 Å². The van der Waals surface area contributed by atoms with Crippen LogP contribution in [0.15, 0.2) is 42.5 Å². The predicted octanol–water partition coefficient (Wildman–Crippen LogP) is 2.35. The standard InChI is InChI=1S/C21H22N2O4/c1-13-3-8-17-18(11-13)21(27)23(20(17)26)10-9-19(25)22-12-15-4-6-16(7-5-15)14(2)24/h3-8,11,14,24H,9-10,12H2,1-2H3,(H,22,25). The number of amides is 3. The van der Waals surface area contributed by atoms with Gasteiger partial charge in [-0.2, -0.15) is 0 Å². The fourth-order valence-corrected chi connectivity index (χ4v) is 3.02. The second-order valence-corrected chi connectivity index (χ2v) is 6.76. The first kappa shape index (κ1) is 18.8. The van der Waals surface area contributed by atoms with Gasteiger partial charge in [-0.15, -0.1) is 0 Å². The van der Waals surface area contributed by atoms with E-state index >= 15 is 0 Å². The summed E-state index contributed by atoms with van der Waals surface area (Å²) in [5, 5.41) is 12.3. The molecule has 0 aliphatic carbocycles. The molecule has 3 amide bonds. The smallest absolute Gasteiger partial charge is 0.261 e. The molecule has 0 bridgehead atoms. The molecule has 0 saturated carbocycles. The van der Waals surface area contributed by atoms with E-state index in [1.54, 1.807) is 25.1 Å². The summed E-state index contributed by atoms with van der Waals surface area (Å²) in [6.07, 6.45) is -0.479. The van der Waals surface area contributed by atoms with Crippen molar-refractivity contribution in [3.63, 3.8) is 0 Å². The van der Waals surface area contributed by atoms with Gasteiger partial charge in [-0.3, -0.25) is 19.3 Å². The lowest BCUT2D eigenvalue weighted by molar-refractivity contribution is -0.121. The lowest BCUT2D eigenvalue weighted by Gasteiger charge is -2.13. The number of nitrogens with one attached hydrogen (secondary N) is 1. The molecule has 1 atom stereocenters. The minimum absolute atomic E-state index is 0.0518. The van der Waals surface area contributed by atoms with Crippen molar-refractivity contribution >= 4 is 17.7 Å². The van der Waals surface area contributed by atoms with Gasteiger partial charge >= 0.3 is 0 Å². The van der Waals surface area contributed by atoms with Crippen molar-refractivity contribution in [2.24, 2.45) is 0 Å². The molecule has 6 heteroatoms. The van der Waals surface area contributed by atoms with Crippen LogP contribution in [0.25, 0.3) is 0 Å². The molecular formula is C21H22N2O4. The Labute approximate surface area is 157 Å². The van der Waals surface area contributed by atoms with Crippen molar-refractivity contribution in [1.29, 1.82) is 0 Å². The van der Waals surface area contributed by atoms with Crippen molar-refractivity contribution < 1.29 is 19.5 Å². The maximum atomic E-state index is 12.4. The van der Waals surface area contributed by atoms with Crippen molar-refractivity contribution in [3.05, 3.63) is 70.3 Å². The lowest BCUT2D eigenvalue weighted by atomic mass is 10.1. The molecule has 2 aromatic rings. The SMILES string of the molecule is Cc1ccc2c(c1)C(=O)N(CCC(=O)NCc1ccc(C(C)O)cc1)C2=O. The average molecular weight is 366 g/mol. The molecule has 1 aliphatic rings. The summed E-state index contributed by atoms with van der Waals surface area (Å²) >= 11 is 0. The number of hydrogen-bond donors (Lipinski definition) is 2. The van der Waals surface area contributed by atoms with Gasteiger partial charge in [-0.05, 0) is 37.1 Å². The number of fused-ring (bicyclic) bond motifs is 1. The Hall–Kier alpha value is -2.99. The zero-order valence-corrected chi connectivity index (χ0v) is 15.4. The summed E-state index contributed by atoms with van der Waals surface area (Å²) in [6.45, 7) is 3.96. The summed E-state index contributed by atoms with van der Waals surface area (Å²) in [5.74, 6) is -0.931. The Kier molecular flexibility index (Phi) is 5.37. The molecule has 140 valence electrons. The highest BCUT2D eigenvalue weighted by molar-refractivity contribution is 6.21. The van der Waals surface area contributed by atoms with Crippen LogP contribution in [0.1, 0.15) is 56.9 Å². The molecule has 3 rings (SSSR count). The molecule has 2 aromatic carbocycles. The van der Waals surface area contributed by atoms with E-state index in [9.17, 15) is 19.5 Å². The Morgan fingerprint density at radius 3 is 2.41 bits per heavy atom. The minimum Gasteiger partial charge on any atom is -0.389 e. The van der Waals surface area contributed by atoms with Gasteiger partial charge in [0.1, 0.15) is 0 Å². The fraction of sp³-hybridized carbons (Fsp3) is 0.286. The number of hydrogen-bond acceptors (Lipinski definition) is 4. The van der Waals surface area contributed by atoms with Crippen molar-refractivity contribution in [2.75, 3.05) is 6.54 Å². The summed E-state index contributed by atoms with van der Waals surface area (Å²) in [4.78, 5) is 38.0. The Morgan fingerprint density at radius 1 is 1.07 bits per heavy atom. The van der Waals surface area contributed by atoms with E-state index in [-0.39, 0.29) is 30.7 Å². The molecule has 1 aliphatic heterocycles. The number of carbonyl (C=O) groups is 3. The van der Waals surface area contributed by atoms with Gasteiger partial charge in [0.05, 0.1) is 17.2 Å². The summed E-state index contributed by atoms with van der Waals surface area (Å²) < 4.78 is 0. The largest absolute Gasteiger partial charge is 0.389 e. The lowest BCUT2D eigenvalue weighted by Crippen LogP contribution is -2.34. The van der Waals surface area contributed by atoms with Crippen molar-refractivity contribution in [2.45, 2.75) is 32.9 Å². The van der Waals surface area contributed by atoms with Crippen LogP contribution in [0.2, 0.25) is 0 Å². The van der Waals surface area contributed by atoms with Crippen LogP contribution in [0.4, 0.5) is 0 Å². The van der Waals surface area contributed by atoms with Crippen LogP contribution < -0.4 is 5.32 Å². The summed E-state index contributed by atoms with van der Waals surface area (Å²) in [5.41, 5.74) is 3.42. The molecule has 27 heavy (non-hydrogen) atoms. The highest BCUT2D eigenvalue weighted by Crippen LogP contribution is 2.23. The fourth-order valence-electron chi connectivity index (χ4n) is 3.02. The molecular weight excluding hydrogens is 344 g/mol. The first-order chi connectivity index (χ1) is 12.9. The highest BCUT2D eigenvalue weighted by Gasteiger charge is 2.35. The molecule has 0 radical (unpaired) electrons. The zero-order chi connectivity index (χ0) is 19.6. The van der Waals surface area contributed by atoms with E-state index in [0.29, 0.717) is 17.7 Å². The van der Waals surface area contributed by atoms with E-state index in [1.807, 2.05) is 31.2 Å². The third kappa shape index (κ3) is 4.06. The maximum absolute atomic E-state index is 12.4. The van der Waals surface area contributed by atoms with Gasteiger partial charge in [0.2, 0.25) is 5.91 Å². The summed E-state index contributed by atoms with van der Waals surface area (Å²) in [6, 6.07) is 12.5. The maximum Gasteiger partial charge on any atom is 0.261 e. The van der Waals surface area contributed by atoms with Gasteiger partial charge < -0.3 is 10.4 Å². The minimum atomic E-state index is -0.530. The number of imide groups is 1. The third-order valence-corrected chi connectivity index (χ3v) is 4.64. The van der Waals surface area contributed by atoms with Gasteiger partial charge in [0.25, 0.3) is 11.8 Å². The number of rotatable bonds is 6. The van der Waals surface area contributed by atoms with Crippen LogP contribution in [-0.2, 0) is 11.3 Å². The van der Waals surface area contributed by atoms with E-state index in [1.165, 1.54) is 0 Å². The van der Waals surface area contributed by atoms with E-state index < -0.39 is 6.10 Å². The molecule has 2 N–H and O–H groups in total. The van der Waals surface area contributed by atoms with Crippen LogP contribution in [-0.4, -0.2) is 34.3 Å². The molecule has 0 fully saturated rings. The number of aliphatic hydroxyl groups is 1. The normalized spacial score (nSPS) is 14.3. The molecule has 0 saturated heterocycles. The van der Waals surface area contributed by atoms with Gasteiger partial charge in [-0.1, -0.05) is 35.9 Å². The van der Waals surface area contributed by atoms with Crippen LogP contribution in [0, 0.1) is 6.92 Å². The van der Waals surface area contributed by atoms with Gasteiger partial charge in [-0.25, -0.2) is 0 Å². The molecule has 6 nitrogen and oxygen atoms in total. The third-order valence-electron chi connectivity index (χ3n) is 4.64. The Balaban J connectivity index is 1.52. The number of aryl methyl sites for hydroxylation is 1. The monoisotopic (exact) mass is 366 g/mol. The number of benzene rings is 2. The highest BCUT2D eigenvalue weighted by atomic mass is 16.3. The van der Waals surface area contributed by atoms with Crippen molar-refractivity contribution in [3.8, 4) is 0 Å². The molecule has 0 aromatic heterocycles. The second kappa shape index (κ2) is 7.72. The number of aliphatic hydroxyl groups excluding tert-OH is 1. The first-order valence-electron chi connectivity index (χ1n) is 8.87. The number of carbonyl (C=O) groups excluding carboxylic acids is 3. The van der Waals surface area contributed by atoms with E-state index in [0.717, 1.165) is 21.6 Å². The Bertz CT molecular complexity index is 888. The quantitative estimate of drug-likeness (QED) is 0.769. The zero-order valence-electron chi connectivity index (χ0n) is 15.4.